The van der Waals surface area contributed by atoms with Crippen LogP contribution in [0.5, 0.6) is 0 Å². The van der Waals surface area contributed by atoms with E-state index >= 15 is 0 Å². The van der Waals surface area contributed by atoms with Crippen LogP contribution in [0, 0.1) is 6.92 Å². The van der Waals surface area contributed by atoms with Gasteiger partial charge in [0.15, 0.2) is 5.65 Å². The Morgan fingerprint density at radius 2 is 2.08 bits per heavy atom. The first-order chi connectivity index (χ1) is 5.68. The largest absolute Gasteiger partial charge is 0.281 e. The maximum atomic E-state index is 11.1. The molecular weight excluding hydrogens is 180 g/mol. The van der Waals surface area contributed by atoms with Gasteiger partial charge in [0, 0.05) is 0 Å². The van der Waals surface area contributed by atoms with Crippen molar-refractivity contribution in [1.29, 1.82) is 0 Å². The van der Waals surface area contributed by atoms with Crippen LogP contribution in [0.25, 0.3) is 11.0 Å². The molecule has 62 valence electrons. The van der Waals surface area contributed by atoms with E-state index in [9.17, 15) is 4.79 Å². The summed E-state index contributed by atoms with van der Waals surface area (Å²) in [4.78, 5) is 18.8. The quantitative estimate of drug-likeness (QED) is 0.589. The van der Waals surface area contributed by atoms with E-state index in [1.165, 1.54) is 0 Å². The van der Waals surface area contributed by atoms with Crippen LogP contribution >= 0.6 is 11.6 Å². The molecule has 0 spiro atoms. The van der Waals surface area contributed by atoms with Gasteiger partial charge in [-0.2, -0.15) is 4.98 Å². The topological polar surface area (TPSA) is 74.4 Å². The van der Waals surface area contributed by atoms with Gasteiger partial charge in [-0.05, 0) is 18.5 Å². The Hall–Kier alpha value is -1.36. The van der Waals surface area contributed by atoms with Crippen LogP contribution in [-0.4, -0.2) is 20.2 Å². The van der Waals surface area contributed by atoms with Gasteiger partial charge in [-0.25, -0.2) is 4.98 Å². The van der Waals surface area contributed by atoms with Gasteiger partial charge >= 0.3 is 0 Å². The highest BCUT2D eigenvalue weighted by molar-refractivity contribution is 6.28. The number of aromatic amines is 2. The van der Waals surface area contributed by atoms with Crippen molar-refractivity contribution in [2.75, 3.05) is 0 Å². The standard InChI is InChI=1S/C6H5ClN4O/c1-2-3-4(9-6(7)8-2)10-11-5(3)12/h1H3,(H2,8,9,10,11,12). The zero-order valence-corrected chi connectivity index (χ0v) is 6.94. The molecule has 0 aliphatic heterocycles. The third-order valence-corrected chi connectivity index (χ3v) is 1.75. The van der Waals surface area contributed by atoms with Crippen molar-refractivity contribution in [3.63, 3.8) is 0 Å². The first-order valence-electron chi connectivity index (χ1n) is 3.29. The van der Waals surface area contributed by atoms with E-state index in [0.29, 0.717) is 16.7 Å². The smallest absolute Gasteiger partial charge is 0.275 e. The Labute approximate surface area is 71.8 Å². The monoisotopic (exact) mass is 184 g/mol. The third kappa shape index (κ3) is 0.902. The van der Waals surface area contributed by atoms with Gasteiger partial charge in [-0.3, -0.25) is 15.0 Å². The number of hydrogen-bond acceptors (Lipinski definition) is 3. The molecule has 0 atom stereocenters. The molecule has 0 aliphatic rings. The van der Waals surface area contributed by atoms with Crippen molar-refractivity contribution in [2.24, 2.45) is 0 Å². The van der Waals surface area contributed by atoms with Gasteiger partial charge in [0.25, 0.3) is 5.56 Å². The van der Waals surface area contributed by atoms with Crippen LogP contribution in [0.2, 0.25) is 5.28 Å². The van der Waals surface area contributed by atoms with E-state index in [0.717, 1.165) is 0 Å². The Balaban J connectivity index is 3.03. The number of hydrogen-bond donors (Lipinski definition) is 2. The average Bonchev–Trinajstić information content (AvgIpc) is 2.31. The predicted octanol–water partition coefficient (Wildman–Crippen LogP) is 0.608. The summed E-state index contributed by atoms with van der Waals surface area (Å²) in [6.45, 7) is 1.71. The third-order valence-electron chi connectivity index (χ3n) is 1.58. The van der Waals surface area contributed by atoms with Gasteiger partial charge in [0.2, 0.25) is 5.28 Å². The van der Waals surface area contributed by atoms with Gasteiger partial charge < -0.3 is 0 Å². The summed E-state index contributed by atoms with van der Waals surface area (Å²) in [5.41, 5.74) is 0.796. The Morgan fingerprint density at radius 3 is 2.83 bits per heavy atom. The van der Waals surface area contributed by atoms with E-state index in [1.54, 1.807) is 6.92 Å². The maximum Gasteiger partial charge on any atom is 0.275 e. The first kappa shape index (κ1) is 7.30. The van der Waals surface area contributed by atoms with E-state index in [1.807, 2.05) is 0 Å². The van der Waals surface area contributed by atoms with Crippen LogP contribution in [0.3, 0.4) is 0 Å². The highest BCUT2D eigenvalue weighted by Crippen LogP contribution is 2.10. The second-order valence-corrected chi connectivity index (χ2v) is 2.72. The maximum absolute atomic E-state index is 11.1. The number of nitrogens with zero attached hydrogens (tertiary/aromatic N) is 2. The summed E-state index contributed by atoms with van der Waals surface area (Å²) < 4.78 is 0. The lowest BCUT2D eigenvalue weighted by Crippen LogP contribution is -2.00. The molecule has 0 fully saturated rings. The van der Waals surface area contributed by atoms with E-state index in [2.05, 4.69) is 20.2 Å². The van der Waals surface area contributed by atoms with Crippen LogP contribution in [0.15, 0.2) is 4.79 Å². The number of aromatic nitrogens is 4. The number of halogens is 1. The molecule has 0 bridgehead atoms. The van der Waals surface area contributed by atoms with Gasteiger partial charge in [-0.1, -0.05) is 0 Å². The van der Waals surface area contributed by atoms with Crippen molar-refractivity contribution in [3.05, 3.63) is 21.3 Å². The molecule has 0 aliphatic carbocycles. The molecule has 5 nitrogen and oxygen atoms in total. The van der Waals surface area contributed by atoms with Crippen LogP contribution in [0.4, 0.5) is 0 Å². The molecule has 0 radical (unpaired) electrons. The normalized spacial score (nSPS) is 10.8. The molecule has 12 heavy (non-hydrogen) atoms. The molecule has 0 aromatic carbocycles. The molecule has 0 unspecified atom stereocenters. The Kier molecular flexibility index (Phi) is 1.41. The molecule has 0 saturated heterocycles. The lowest BCUT2D eigenvalue weighted by atomic mass is 10.3. The van der Waals surface area contributed by atoms with E-state index in [-0.39, 0.29) is 10.8 Å². The van der Waals surface area contributed by atoms with Gasteiger partial charge in [0.05, 0.1) is 5.69 Å². The molecule has 6 heteroatoms. The lowest BCUT2D eigenvalue weighted by Gasteiger charge is -1.92. The minimum Gasteiger partial charge on any atom is -0.281 e. The fraction of sp³-hybridized carbons (Fsp3) is 0.167. The highest BCUT2D eigenvalue weighted by atomic mass is 35.5. The zero-order chi connectivity index (χ0) is 8.72. The molecule has 2 aromatic heterocycles. The molecule has 2 aromatic rings. The Bertz CT molecular complexity index is 486. The Morgan fingerprint density at radius 1 is 1.33 bits per heavy atom. The number of rotatable bonds is 0. The SMILES string of the molecule is Cc1nc(Cl)nc2[nH][nH]c(=O)c12. The van der Waals surface area contributed by atoms with E-state index < -0.39 is 0 Å². The summed E-state index contributed by atoms with van der Waals surface area (Å²) >= 11 is 5.58. The second kappa shape index (κ2) is 2.31. The average molecular weight is 185 g/mol. The molecular formula is C6H5ClN4O. The summed E-state index contributed by atoms with van der Waals surface area (Å²) in [7, 11) is 0. The summed E-state index contributed by atoms with van der Waals surface area (Å²) in [5.74, 6) is 0. The molecule has 0 saturated carbocycles. The molecule has 2 heterocycles. The van der Waals surface area contributed by atoms with Crippen molar-refractivity contribution >= 4 is 22.6 Å². The van der Waals surface area contributed by atoms with Crippen LogP contribution in [0.1, 0.15) is 5.69 Å². The predicted molar refractivity (Wildman–Crippen MR) is 44.3 cm³/mol. The van der Waals surface area contributed by atoms with E-state index in [4.69, 9.17) is 11.6 Å². The van der Waals surface area contributed by atoms with Gasteiger partial charge in [0.1, 0.15) is 5.39 Å². The summed E-state index contributed by atoms with van der Waals surface area (Å²) in [6.07, 6.45) is 0. The highest BCUT2D eigenvalue weighted by Gasteiger charge is 2.07. The molecule has 2 N–H and O–H groups in total. The number of fused-ring (bicyclic) bond motifs is 1. The van der Waals surface area contributed by atoms with Crippen molar-refractivity contribution in [2.45, 2.75) is 6.92 Å². The van der Waals surface area contributed by atoms with Crippen molar-refractivity contribution in [3.8, 4) is 0 Å². The van der Waals surface area contributed by atoms with Crippen LogP contribution in [-0.2, 0) is 0 Å². The lowest BCUT2D eigenvalue weighted by molar-refractivity contribution is 1.06. The van der Waals surface area contributed by atoms with Crippen molar-refractivity contribution in [1.82, 2.24) is 20.2 Å². The fourth-order valence-electron chi connectivity index (χ4n) is 1.08. The molecule has 0 amide bonds. The van der Waals surface area contributed by atoms with Gasteiger partial charge in [-0.15, -0.1) is 0 Å². The summed E-state index contributed by atoms with van der Waals surface area (Å²) in [5, 5.41) is 5.59. The molecule has 2 rings (SSSR count). The zero-order valence-electron chi connectivity index (χ0n) is 6.18. The second-order valence-electron chi connectivity index (χ2n) is 2.38. The fourth-order valence-corrected chi connectivity index (χ4v) is 1.29. The number of nitrogens with one attached hydrogen (secondary N) is 2. The number of H-pyrrole nitrogens is 2. The number of aryl methyl sites for hydroxylation is 1. The van der Waals surface area contributed by atoms with Crippen molar-refractivity contribution < 1.29 is 0 Å². The minimum absolute atomic E-state index is 0.134. The first-order valence-corrected chi connectivity index (χ1v) is 3.67. The van der Waals surface area contributed by atoms with Crippen LogP contribution < -0.4 is 5.56 Å². The summed E-state index contributed by atoms with van der Waals surface area (Å²) in [6, 6.07) is 0. The minimum atomic E-state index is -0.223.